The lowest BCUT2D eigenvalue weighted by atomic mass is 9.91. The summed E-state index contributed by atoms with van der Waals surface area (Å²) in [7, 11) is 0. The number of hydrogen-bond donors (Lipinski definition) is 4. The molecular weight excluding hydrogens is 638 g/mol. The van der Waals surface area contributed by atoms with Crippen molar-refractivity contribution < 1.29 is 9.59 Å². The van der Waals surface area contributed by atoms with E-state index in [0.29, 0.717) is 42.8 Å². The van der Waals surface area contributed by atoms with Crippen molar-refractivity contribution in [1.82, 2.24) is 0 Å². The van der Waals surface area contributed by atoms with Gasteiger partial charge in [0.05, 0.1) is 11.4 Å². The molecule has 0 saturated heterocycles. The molecule has 0 aliphatic heterocycles. The van der Waals surface area contributed by atoms with E-state index >= 15 is 0 Å². The van der Waals surface area contributed by atoms with E-state index in [0.717, 1.165) is 32.7 Å². The van der Waals surface area contributed by atoms with Gasteiger partial charge >= 0.3 is 12.1 Å². The van der Waals surface area contributed by atoms with E-state index in [-0.39, 0.29) is 0 Å². The molecule has 0 aromatic heterocycles. The van der Waals surface area contributed by atoms with Gasteiger partial charge in [-0.15, -0.1) is 0 Å². The van der Waals surface area contributed by atoms with Crippen LogP contribution in [0.2, 0.25) is 20.1 Å². The van der Waals surface area contributed by atoms with Gasteiger partial charge in [-0.05, 0) is 70.1 Å². The van der Waals surface area contributed by atoms with Crippen molar-refractivity contribution in [2.24, 2.45) is 0 Å². The van der Waals surface area contributed by atoms with Crippen LogP contribution in [-0.4, -0.2) is 12.1 Å². The molecule has 6 aromatic rings. The van der Waals surface area contributed by atoms with Crippen molar-refractivity contribution in [3.63, 3.8) is 0 Å². The molecule has 0 aliphatic carbocycles. The van der Waals surface area contributed by atoms with E-state index in [1.165, 1.54) is 0 Å². The number of fused-ring (bicyclic) bond motifs is 2. The van der Waals surface area contributed by atoms with Gasteiger partial charge in [0, 0.05) is 42.6 Å². The summed E-state index contributed by atoms with van der Waals surface area (Å²) >= 11 is 24.5. The molecule has 6 aromatic carbocycles. The summed E-state index contributed by atoms with van der Waals surface area (Å²) in [5.41, 5.74) is 3.37. The van der Waals surface area contributed by atoms with Crippen LogP contribution in [0, 0.1) is 0 Å². The second kappa shape index (κ2) is 12.6. The minimum Gasteiger partial charge on any atom is -0.308 e. The van der Waals surface area contributed by atoms with Gasteiger partial charge in [-0.25, -0.2) is 9.59 Å². The van der Waals surface area contributed by atoms with Gasteiger partial charge in [-0.2, -0.15) is 0 Å². The normalized spacial score (nSPS) is 10.9. The van der Waals surface area contributed by atoms with Gasteiger partial charge in [0.15, 0.2) is 0 Å². The number of urea groups is 2. The third-order valence-corrected chi connectivity index (χ3v) is 7.72. The Morgan fingerprint density at radius 3 is 1.18 bits per heavy atom. The van der Waals surface area contributed by atoms with E-state index in [9.17, 15) is 9.59 Å². The molecule has 0 heterocycles. The summed E-state index contributed by atoms with van der Waals surface area (Å²) in [6.07, 6.45) is 0. The molecule has 0 atom stereocenters. The Bertz CT molecular complexity index is 1890. The first kappa shape index (κ1) is 29.6. The molecule has 44 heavy (non-hydrogen) atoms. The molecular formula is C34H22Cl4N4O2. The van der Waals surface area contributed by atoms with Crippen LogP contribution >= 0.6 is 46.4 Å². The number of anilines is 4. The lowest BCUT2D eigenvalue weighted by molar-refractivity contribution is 0.261. The molecule has 0 saturated carbocycles. The van der Waals surface area contributed by atoms with Crippen molar-refractivity contribution in [3.8, 4) is 11.1 Å². The average molecular weight is 660 g/mol. The Hall–Kier alpha value is -4.46. The molecule has 0 aliphatic rings. The number of rotatable bonds is 5. The zero-order valence-electron chi connectivity index (χ0n) is 22.7. The summed E-state index contributed by atoms with van der Waals surface area (Å²) in [4.78, 5) is 26.6. The van der Waals surface area contributed by atoms with E-state index < -0.39 is 12.1 Å². The quantitative estimate of drug-likeness (QED) is 0.148. The van der Waals surface area contributed by atoms with Crippen molar-refractivity contribution in [3.05, 3.63) is 129 Å². The molecule has 4 N–H and O–H groups in total. The van der Waals surface area contributed by atoms with Crippen LogP contribution < -0.4 is 21.3 Å². The van der Waals surface area contributed by atoms with Crippen molar-refractivity contribution in [1.29, 1.82) is 0 Å². The summed E-state index contributed by atoms with van der Waals surface area (Å²) in [5.74, 6) is 0. The van der Waals surface area contributed by atoms with E-state index in [1.807, 2.05) is 72.8 Å². The Kier molecular flexibility index (Phi) is 8.51. The maximum absolute atomic E-state index is 13.3. The van der Waals surface area contributed by atoms with Crippen molar-refractivity contribution in [2.75, 3.05) is 21.3 Å². The SMILES string of the molecule is O=C(Nc1cc(Cl)cc(Cl)c1)Nc1ccc2ccccc2c1-c1c(NC(=O)Nc2cc(Cl)cc(Cl)c2)ccc2ccccc12. The number of benzene rings is 6. The number of carbonyl (C=O) groups excluding carboxylic acids is 2. The average Bonchev–Trinajstić information content (AvgIpc) is 2.96. The van der Waals surface area contributed by atoms with Crippen LogP contribution in [-0.2, 0) is 0 Å². The standard InChI is InChI=1S/C34H22Cl4N4O2/c35-21-13-22(36)16-25(15-21)39-33(43)41-29-11-9-19-5-1-3-7-27(19)31(29)32-28-8-4-2-6-20(28)10-12-30(32)42-34(44)40-26-17-23(37)14-24(38)18-26/h1-18H,(H2,39,41,43)(H2,40,42,44). The van der Waals surface area contributed by atoms with Crippen LogP contribution in [0.1, 0.15) is 0 Å². The second-order valence-corrected chi connectivity index (χ2v) is 11.6. The zero-order valence-corrected chi connectivity index (χ0v) is 25.7. The summed E-state index contributed by atoms with van der Waals surface area (Å²) in [6, 6.07) is 31.8. The van der Waals surface area contributed by atoms with E-state index in [2.05, 4.69) is 21.3 Å². The number of nitrogens with one attached hydrogen (secondary N) is 4. The smallest absolute Gasteiger partial charge is 0.308 e. The predicted molar refractivity (Wildman–Crippen MR) is 185 cm³/mol. The number of amides is 4. The van der Waals surface area contributed by atoms with Gasteiger partial charge in [-0.3, -0.25) is 0 Å². The third kappa shape index (κ3) is 6.54. The van der Waals surface area contributed by atoms with Crippen LogP contribution in [0.3, 0.4) is 0 Å². The molecule has 6 nitrogen and oxygen atoms in total. The van der Waals surface area contributed by atoms with Crippen LogP contribution in [0.25, 0.3) is 32.7 Å². The first-order valence-electron chi connectivity index (χ1n) is 13.4. The van der Waals surface area contributed by atoms with Crippen LogP contribution in [0.4, 0.5) is 32.3 Å². The number of hydrogen-bond acceptors (Lipinski definition) is 2. The van der Waals surface area contributed by atoms with Gasteiger partial charge in [0.25, 0.3) is 0 Å². The highest BCUT2D eigenvalue weighted by Crippen LogP contribution is 2.43. The maximum Gasteiger partial charge on any atom is 0.323 e. The largest absolute Gasteiger partial charge is 0.323 e. The fourth-order valence-electron chi connectivity index (χ4n) is 5.11. The first-order valence-corrected chi connectivity index (χ1v) is 14.9. The van der Waals surface area contributed by atoms with Crippen LogP contribution in [0.5, 0.6) is 0 Å². The van der Waals surface area contributed by atoms with Gasteiger partial charge < -0.3 is 21.3 Å². The highest BCUT2D eigenvalue weighted by atomic mass is 35.5. The lowest BCUT2D eigenvalue weighted by Crippen LogP contribution is -2.21. The van der Waals surface area contributed by atoms with Crippen molar-refractivity contribution >= 4 is 103 Å². The predicted octanol–water partition coefficient (Wildman–Crippen LogP) is 11.6. The monoisotopic (exact) mass is 658 g/mol. The molecule has 4 amide bonds. The molecule has 0 spiro atoms. The molecule has 0 radical (unpaired) electrons. The number of carbonyl (C=O) groups is 2. The van der Waals surface area contributed by atoms with Gasteiger partial charge in [0.1, 0.15) is 0 Å². The molecule has 10 heteroatoms. The molecule has 218 valence electrons. The summed E-state index contributed by atoms with van der Waals surface area (Å²) in [5, 5.41) is 16.8. The lowest BCUT2D eigenvalue weighted by Gasteiger charge is -2.20. The minimum atomic E-state index is -0.495. The topological polar surface area (TPSA) is 82.3 Å². The Balaban J connectivity index is 1.46. The molecule has 0 unspecified atom stereocenters. The Labute approximate surface area is 272 Å². The minimum absolute atomic E-state index is 0.393. The Morgan fingerprint density at radius 2 is 0.795 bits per heavy atom. The highest BCUT2D eigenvalue weighted by Gasteiger charge is 2.20. The third-order valence-electron chi connectivity index (χ3n) is 6.85. The first-order chi connectivity index (χ1) is 21.2. The number of halogens is 4. The van der Waals surface area contributed by atoms with Crippen LogP contribution in [0.15, 0.2) is 109 Å². The second-order valence-electron chi connectivity index (χ2n) is 9.89. The van der Waals surface area contributed by atoms with E-state index in [1.54, 1.807) is 36.4 Å². The fourth-order valence-corrected chi connectivity index (χ4v) is 6.16. The zero-order chi connectivity index (χ0) is 30.8. The molecule has 6 rings (SSSR count). The fraction of sp³-hybridized carbons (Fsp3) is 0. The van der Waals surface area contributed by atoms with Gasteiger partial charge in [-0.1, -0.05) is 107 Å². The summed E-state index contributed by atoms with van der Waals surface area (Å²) < 4.78 is 0. The van der Waals surface area contributed by atoms with Gasteiger partial charge in [0.2, 0.25) is 0 Å². The van der Waals surface area contributed by atoms with E-state index in [4.69, 9.17) is 46.4 Å². The van der Waals surface area contributed by atoms with Crippen molar-refractivity contribution in [2.45, 2.75) is 0 Å². The molecule has 0 bridgehead atoms. The maximum atomic E-state index is 13.3. The Morgan fingerprint density at radius 1 is 0.432 bits per heavy atom. The highest BCUT2D eigenvalue weighted by molar-refractivity contribution is 6.36. The molecule has 0 fully saturated rings. The summed E-state index contributed by atoms with van der Waals surface area (Å²) in [6.45, 7) is 0.